The second-order valence-electron chi connectivity index (χ2n) is 1.68. The number of nitrogens with one attached hydrogen (secondary N) is 1. The number of hydrogen-bond acceptors (Lipinski definition) is 1. The second-order valence-corrected chi connectivity index (χ2v) is 4.34. The Morgan fingerprint density at radius 2 is 1.62 bits per heavy atom. The molecule has 0 atom stereocenters. The van der Waals surface area contributed by atoms with Gasteiger partial charge in [0.25, 0.3) is 0 Å². The SMILES string of the molecule is CCN[SH](CC)CC. The van der Waals surface area contributed by atoms with E-state index in [2.05, 4.69) is 25.5 Å². The minimum absolute atomic E-state index is 0.194. The summed E-state index contributed by atoms with van der Waals surface area (Å²) in [5, 5.41) is 0. The van der Waals surface area contributed by atoms with Crippen LogP contribution in [0.15, 0.2) is 0 Å². The van der Waals surface area contributed by atoms with Gasteiger partial charge in [-0.15, -0.1) is 0 Å². The van der Waals surface area contributed by atoms with E-state index in [-0.39, 0.29) is 11.1 Å². The molecular formula is C6H17NS. The zero-order valence-corrected chi connectivity index (χ0v) is 6.96. The standard InChI is InChI=1S/C6H17NS/c1-4-7-8(5-2)6-3/h7-8H,4-6H2,1-3H3. The lowest BCUT2D eigenvalue weighted by atomic mass is 10.8. The summed E-state index contributed by atoms with van der Waals surface area (Å²) in [5.41, 5.74) is 0. The van der Waals surface area contributed by atoms with E-state index in [1.165, 1.54) is 11.5 Å². The minimum atomic E-state index is 0.194. The van der Waals surface area contributed by atoms with Crippen LogP contribution in [-0.2, 0) is 0 Å². The highest BCUT2D eigenvalue weighted by molar-refractivity contribution is 8.15. The van der Waals surface area contributed by atoms with Crippen molar-refractivity contribution in [3.8, 4) is 0 Å². The largest absolute Gasteiger partial charge is 0.284 e. The fraction of sp³-hybridized carbons (Fsp3) is 1.00. The first-order valence-electron chi connectivity index (χ1n) is 3.33. The number of hydrogen-bond donors (Lipinski definition) is 2. The molecule has 0 aromatic heterocycles. The highest BCUT2D eigenvalue weighted by Gasteiger charge is 1.91. The Kier molecular flexibility index (Phi) is 5.66. The van der Waals surface area contributed by atoms with Gasteiger partial charge in [0, 0.05) is 6.54 Å². The van der Waals surface area contributed by atoms with E-state index in [4.69, 9.17) is 0 Å². The van der Waals surface area contributed by atoms with E-state index in [9.17, 15) is 0 Å². The van der Waals surface area contributed by atoms with Crippen molar-refractivity contribution < 1.29 is 0 Å². The van der Waals surface area contributed by atoms with E-state index < -0.39 is 0 Å². The van der Waals surface area contributed by atoms with Gasteiger partial charge in [-0.1, -0.05) is 20.8 Å². The lowest BCUT2D eigenvalue weighted by Gasteiger charge is -2.17. The Bertz CT molecular complexity index is 43.8. The molecule has 0 radical (unpaired) electrons. The highest BCUT2D eigenvalue weighted by atomic mass is 32.2. The van der Waals surface area contributed by atoms with Gasteiger partial charge in [0.05, 0.1) is 0 Å². The molecule has 0 rings (SSSR count). The van der Waals surface area contributed by atoms with Crippen molar-refractivity contribution in [2.24, 2.45) is 0 Å². The van der Waals surface area contributed by atoms with E-state index in [0.29, 0.717) is 0 Å². The maximum absolute atomic E-state index is 3.45. The Balaban J connectivity index is 3.07. The van der Waals surface area contributed by atoms with Crippen molar-refractivity contribution in [1.82, 2.24) is 4.72 Å². The Morgan fingerprint density at radius 1 is 1.12 bits per heavy atom. The molecule has 0 heterocycles. The first-order chi connectivity index (χ1) is 3.85. The van der Waals surface area contributed by atoms with Gasteiger partial charge in [-0.2, -0.15) is 0 Å². The van der Waals surface area contributed by atoms with E-state index >= 15 is 0 Å². The van der Waals surface area contributed by atoms with Crippen LogP contribution in [0.3, 0.4) is 0 Å². The predicted octanol–water partition coefficient (Wildman–Crippen LogP) is 1.55. The molecule has 0 fully saturated rings. The predicted molar refractivity (Wildman–Crippen MR) is 43.7 cm³/mol. The molecule has 0 bridgehead atoms. The molecule has 0 amide bonds. The third kappa shape index (κ3) is 3.33. The molecule has 0 aromatic carbocycles. The van der Waals surface area contributed by atoms with Crippen molar-refractivity contribution in [1.29, 1.82) is 0 Å². The third-order valence-electron chi connectivity index (χ3n) is 1.15. The van der Waals surface area contributed by atoms with Crippen LogP contribution in [-0.4, -0.2) is 18.1 Å². The van der Waals surface area contributed by atoms with E-state index in [0.717, 1.165) is 6.54 Å². The van der Waals surface area contributed by atoms with Crippen molar-refractivity contribution in [3.63, 3.8) is 0 Å². The van der Waals surface area contributed by atoms with Gasteiger partial charge in [0.2, 0.25) is 0 Å². The van der Waals surface area contributed by atoms with Crippen LogP contribution in [0.1, 0.15) is 20.8 Å². The quantitative estimate of drug-likeness (QED) is 0.557. The molecule has 1 N–H and O–H groups in total. The molecule has 0 aliphatic heterocycles. The van der Waals surface area contributed by atoms with Gasteiger partial charge < -0.3 is 0 Å². The Labute approximate surface area is 55.3 Å². The van der Waals surface area contributed by atoms with Crippen LogP contribution in [0.5, 0.6) is 0 Å². The summed E-state index contributed by atoms with van der Waals surface area (Å²) in [6, 6.07) is 0. The number of thiol groups is 1. The van der Waals surface area contributed by atoms with Crippen LogP contribution in [0.25, 0.3) is 0 Å². The van der Waals surface area contributed by atoms with E-state index in [1.54, 1.807) is 0 Å². The molecule has 52 valence electrons. The fourth-order valence-corrected chi connectivity index (χ4v) is 2.01. The monoisotopic (exact) mass is 135 g/mol. The molecule has 1 nitrogen and oxygen atoms in total. The summed E-state index contributed by atoms with van der Waals surface area (Å²) >= 11 is 0.194. The molecular weight excluding hydrogens is 118 g/mol. The molecule has 8 heavy (non-hydrogen) atoms. The van der Waals surface area contributed by atoms with Crippen molar-refractivity contribution in [2.45, 2.75) is 20.8 Å². The van der Waals surface area contributed by atoms with Crippen LogP contribution in [0.2, 0.25) is 0 Å². The van der Waals surface area contributed by atoms with Crippen molar-refractivity contribution in [2.75, 3.05) is 18.1 Å². The Morgan fingerprint density at radius 3 is 1.75 bits per heavy atom. The van der Waals surface area contributed by atoms with E-state index in [1.807, 2.05) is 0 Å². The smallest absolute Gasteiger partial charge is 0.00127 e. The fourth-order valence-electron chi connectivity index (χ4n) is 0.671. The molecule has 0 aromatic rings. The van der Waals surface area contributed by atoms with Gasteiger partial charge in [0.15, 0.2) is 0 Å². The second kappa shape index (κ2) is 5.45. The molecule has 2 heteroatoms. The minimum Gasteiger partial charge on any atom is -0.284 e. The average molecular weight is 135 g/mol. The van der Waals surface area contributed by atoms with Crippen LogP contribution >= 0.6 is 11.1 Å². The summed E-state index contributed by atoms with van der Waals surface area (Å²) in [5.74, 6) is 2.64. The topological polar surface area (TPSA) is 12.0 Å². The molecule has 0 aliphatic carbocycles. The molecule has 0 unspecified atom stereocenters. The van der Waals surface area contributed by atoms with Gasteiger partial charge in [-0.3, -0.25) is 4.72 Å². The van der Waals surface area contributed by atoms with Gasteiger partial charge in [0.1, 0.15) is 0 Å². The zero-order valence-electron chi connectivity index (χ0n) is 6.07. The Hall–Kier alpha value is 0.310. The number of rotatable bonds is 4. The van der Waals surface area contributed by atoms with Gasteiger partial charge >= 0.3 is 0 Å². The highest BCUT2D eigenvalue weighted by Crippen LogP contribution is 2.16. The lowest BCUT2D eigenvalue weighted by molar-refractivity contribution is 1.02. The first kappa shape index (κ1) is 8.31. The summed E-state index contributed by atoms with van der Waals surface area (Å²) < 4.78 is 3.45. The maximum Gasteiger partial charge on any atom is 0.00127 e. The van der Waals surface area contributed by atoms with Gasteiger partial charge in [-0.05, 0) is 11.5 Å². The molecule has 0 spiro atoms. The molecule has 0 aliphatic rings. The zero-order chi connectivity index (χ0) is 6.41. The maximum atomic E-state index is 3.45. The third-order valence-corrected chi connectivity index (χ3v) is 3.44. The summed E-state index contributed by atoms with van der Waals surface area (Å²) in [4.78, 5) is 0. The van der Waals surface area contributed by atoms with Crippen LogP contribution < -0.4 is 4.72 Å². The van der Waals surface area contributed by atoms with Crippen LogP contribution in [0.4, 0.5) is 0 Å². The van der Waals surface area contributed by atoms with Gasteiger partial charge in [-0.25, -0.2) is 11.1 Å². The normalized spacial score (nSPS) is 11.6. The summed E-state index contributed by atoms with van der Waals surface area (Å²) in [7, 11) is 0. The molecule has 0 saturated heterocycles. The lowest BCUT2D eigenvalue weighted by Crippen LogP contribution is -2.11. The average Bonchev–Trinajstić information content (AvgIpc) is 1.83. The summed E-state index contributed by atoms with van der Waals surface area (Å²) in [6.07, 6.45) is 0. The molecule has 0 saturated carbocycles. The summed E-state index contributed by atoms with van der Waals surface area (Å²) in [6.45, 7) is 7.80. The van der Waals surface area contributed by atoms with Crippen molar-refractivity contribution in [3.05, 3.63) is 0 Å². The van der Waals surface area contributed by atoms with Crippen molar-refractivity contribution >= 4 is 11.1 Å². The van der Waals surface area contributed by atoms with Crippen LogP contribution in [0, 0.1) is 0 Å². The first-order valence-corrected chi connectivity index (χ1v) is 5.04.